The third-order valence-corrected chi connectivity index (χ3v) is 3.83. The van der Waals surface area contributed by atoms with E-state index in [1.54, 1.807) is 6.07 Å². The van der Waals surface area contributed by atoms with Crippen molar-refractivity contribution in [1.82, 2.24) is 5.32 Å². The van der Waals surface area contributed by atoms with Crippen LogP contribution in [0.25, 0.3) is 0 Å². The summed E-state index contributed by atoms with van der Waals surface area (Å²) >= 11 is 0. The van der Waals surface area contributed by atoms with E-state index in [9.17, 15) is 4.79 Å². The molecule has 1 aliphatic carbocycles. The molecule has 3 nitrogen and oxygen atoms in total. The molecule has 1 fully saturated rings. The summed E-state index contributed by atoms with van der Waals surface area (Å²) in [6.07, 6.45) is 3.68. The van der Waals surface area contributed by atoms with Gasteiger partial charge in [-0.15, -0.1) is 0 Å². The molecule has 0 heterocycles. The van der Waals surface area contributed by atoms with Crippen molar-refractivity contribution in [3.8, 4) is 0 Å². The Morgan fingerprint density at radius 1 is 1.44 bits per heavy atom. The van der Waals surface area contributed by atoms with Gasteiger partial charge in [0.15, 0.2) is 0 Å². The molecule has 3 heteroatoms. The van der Waals surface area contributed by atoms with E-state index in [1.165, 1.54) is 19.3 Å². The van der Waals surface area contributed by atoms with Gasteiger partial charge in [-0.2, -0.15) is 0 Å². The summed E-state index contributed by atoms with van der Waals surface area (Å²) in [6.45, 7) is 5.35. The second kappa shape index (κ2) is 5.11. The minimum Gasteiger partial charge on any atom is -0.366 e. The molecule has 1 amide bonds. The predicted molar refractivity (Wildman–Crippen MR) is 73.2 cm³/mol. The number of nitrogens with two attached hydrogens (primary N) is 1. The fraction of sp³-hybridized carbons (Fsp3) is 0.533. The van der Waals surface area contributed by atoms with Gasteiger partial charge in [0.05, 0.1) is 0 Å². The largest absolute Gasteiger partial charge is 0.366 e. The second-order valence-corrected chi connectivity index (χ2v) is 6.01. The predicted octanol–water partition coefficient (Wildman–Crippen LogP) is 2.45. The quantitative estimate of drug-likeness (QED) is 0.857. The topological polar surface area (TPSA) is 55.1 Å². The molecule has 0 bridgehead atoms. The number of carbonyl (C=O) groups excluding carboxylic acids is 1. The Morgan fingerprint density at radius 3 is 2.78 bits per heavy atom. The van der Waals surface area contributed by atoms with E-state index < -0.39 is 0 Å². The van der Waals surface area contributed by atoms with Crippen molar-refractivity contribution in [2.45, 2.75) is 45.7 Å². The molecular weight excluding hydrogens is 224 g/mol. The van der Waals surface area contributed by atoms with Crippen LogP contribution < -0.4 is 11.1 Å². The number of nitrogens with one attached hydrogen (secondary N) is 1. The highest BCUT2D eigenvalue weighted by Crippen LogP contribution is 2.36. The van der Waals surface area contributed by atoms with Crippen LogP contribution in [0.15, 0.2) is 24.3 Å². The molecule has 98 valence electrons. The number of hydrogen-bond acceptors (Lipinski definition) is 2. The zero-order chi connectivity index (χ0) is 13.2. The Hall–Kier alpha value is -1.35. The molecule has 1 unspecified atom stereocenters. The van der Waals surface area contributed by atoms with E-state index in [1.807, 2.05) is 18.2 Å². The van der Waals surface area contributed by atoms with Gasteiger partial charge in [-0.25, -0.2) is 0 Å². The summed E-state index contributed by atoms with van der Waals surface area (Å²) in [5.41, 5.74) is 7.44. The number of rotatable bonds is 4. The van der Waals surface area contributed by atoms with Crippen LogP contribution in [0.3, 0.4) is 0 Å². The number of amides is 1. The number of hydrogen-bond donors (Lipinski definition) is 2. The van der Waals surface area contributed by atoms with E-state index in [-0.39, 0.29) is 5.91 Å². The molecule has 18 heavy (non-hydrogen) atoms. The lowest BCUT2D eigenvalue weighted by Crippen LogP contribution is -2.28. The maximum Gasteiger partial charge on any atom is 0.249 e. The van der Waals surface area contributed by atoms with E-state index in [4.69, 9.17) is 5.73 Å². The van der Waals surface area contributed by atoms with Crippen LogP contribution in [0.1, 0.15) is 49.0 Å². The van der Waals surface area contributed by atoms with Gasteiger partial charge in [0.25, 0.3) is 0 Å². The van der Waals surface area contributed by atoms with Crippen LogP contribution in [0.4, 0.5) is 0 Å². The highest BCUT2D eigenvalue weighted by atomic mass is 16.1. The SMILES string of the molecule is CC1(C)CCC(NCc2ccccc2C(N)=O)C1. The third kappa shape index (κ3) is 3.10. The Morgan fingerprint density at radius 2 is 2.17 bits per heavy atom. The van der Waals surface area contributed by atoms with Crippen molar-refractivity contribution in [1.29, 1.82) is 0 Å². The molecule has 1 aliphatic rings. The Kier molecular flexibility index (Phi) is 3.71. The monoisotopic (exact) mass is 246 g/mol. The zero-order valence-electron chi connectivity index (χ0n) is 11.2. The molecule has 1 aromatic rings. The number of benzene rings is 1. The minimum absolute atomic E-state index is 0.348. The van der Waals surface area contributed by atoms with Crippen molar-refractivity contribution in [3.63, 3.8) is 0 Å². The van der Waals surface area contributed by atoms with Gasteiger partial charge in [-0.05, 0) is 36.3 Å². The lowest BCUT2D eigenvalue weighted by atomic mass is 9.92. The van der Waals surface area contributed by atoms with Crippen molar-refractivity contribution < 1.29 is 4.79 Å². The van der Waals surface area contributed by atoms with Gasteiger partial charge in [0.1, 0.15) is 0 Å². The van der Waals surface area contributed by atoms with E-state index >= 15 is 0 Å². The van der Waals surface area contributed by atoms with Crippen LogP contribution in [0.5, 0.6) is 0 Å². The van der Waals surface area contributed by atoms with Crippen LogP contribution in [0.2, 0.25) is 0 Å². The van der Waals surface area contributed by atoms with E-state index in [0.29, 0.717) is 17.0 Å². The van der Waals surface area contributed by atoms with Gasteiger partial charge in [0, 0.05) is 18.2 Å². The van der Waals surface area contributed by atoms with Gasteiger partial charge < -0.3 is 11.1 Å². The minimum atomic E-state index is -0.348. The standard InChI is InChI=1S/C15H22N2O/c1-15(2)8-7-12(9-15)17-10-11-5-3-4-6-13(11)14(16)18/h3-6,12,17H,7-10H2,1-2H3,(H2,16,18). The van der Waals surface area contributed by atoms with Crippen molar-refractivity contribution in [2.75, 3.05) is 0 Å². The summed E-state index contributed by atoms with van der Waals surface area (Å²) in [5, 5.41) is 3.54. The van der Waals surface area contributed by atoms with Crippen LogP contribution in [0, 0.1) is 5.41 Å². The molecule has 0 aliphatic heterocycles. The van der Waals surface area contributed by atoms with Gasteiger partial charge in [0.2, 0.25) is 5.91 Å². The molecule has 1 aromatic carbocycles. The molecular formula is C15H22N2O. The van der Waals surface area contributed by atoms with Crippen molar-refractivity contribution in [2.24, 2.45) is 11.1 Å². The second-order valence-electron chi connectivity index (χ2n) is 6.01. The first-order chi connectivity index (χ1) is 8.48. The molecule has 0 saturated heterocycles. The highest BCUT2D eigenvalue weighted by molar-refractivity contribution is 5.94. The van der Waals surface area contributed by atoms with Crippen molar-refractivity contribution >= 4 is 5.91 Å². The highest BCUT2D eigenvalue weighted by Gasteiger charge is 2.30. The molecule has 1 saturated carbocycles. The molecule has 0 spiro atoms. The fourth-order valence-electron chi connectivity index (χ4n) is 2.78. The average Bonchev–Trinajstić information content (AvgIpc) is 2.66. The molecule has 2 rings (SSSR count). The summed E-state index contributed by atoms with van der Waals surface area (Å²) < 4.78 is 0. The fourth-order valence-corrected chi connectivity index (χ4v) is 2.78. The summed E-state index contributed by atoms with van der Waals surface area (Å²) in [4.78, 5) is 11.3. The molecule has 3 N–H and O–H groups in total. The summed E-state index contributed by atoms with van der Waals surface area (Å²) in [6, 6.07) is 8.11. The van der Waals surface area contributed by atoms with Gasteiger partial charge in [-0.3, -0.25) is 4.79 Å². The third-order valence-electron chi connectivity index (χ3n) is 3.83. The van der Waals surface area contributed by atoms with Crippen molar-refractivity contribution in [3.05, 3.63) is 35.4 Å². The maximum absolute atomic E-state index is 11.3. The Labute approximate surface area is 109 Å². The van der Waals surface area contributed by atoms with Crippen LogP contribution >= 0.6 is 0 Å². The van der Waals surface area contributed by atoms with Crippen LogP contribution in [-0.4, -0.2) is 11.9 Å². The zero-order valence-corrected chi connectivity index (χ0v) is 11.2. The number of primary amides is 1. The summed E-state index contributed by atoms with van der Waals surface area (Å²) in [5.74, 6) is -0.348. The van der Waals surface area contributed by atoms with Crippen LogP contribution in [-0.2, 0) is 6.54 Å². The smallest absolute Gasteiger partial charge is 0.249 e. The molecule has 1 atom stereocenters. The van der Waals surface area contributed by atoms with E-state index in [2.05, 4.69) is 19.2 Å². The van der Waals surface area contributed by atoms with Gasteiger partial charge in [-0.1, -0.05) is 32.0 Å². The first kappa shape index (κ1) is 13.1. The number of carbonyl (C=O) groups is 1. The first-order valence-electron chi connectivity index (χ1n) is 6.59. The normalized spacial score (nSPS) is 22.0. The molecule has 0 aromatic heterocycles. The molecule has 0 radical (unpaired) electrons. The van der Waals surface area contributed by atoms with E-state index in [0.717, 1.165) is 12.1 Å². The Balaban J connectivity index is 1.97. The first-order valence-corrected chi connectivity index (χ1v) is 6.59. The average molecular weight is 246 g/mol. The maximum atomic E-state index is 11.3. The van der Waals surface area contributed by atoms with Gasteiger partial charge >= 0.3 is 0 Å². The lowest BCUT2D eigenvalue weighted by molar-refractivity contribution is 0.0999. The Bertz CT molecular complexity index is 440. The summed E-state index contributed by atoms with van der Waals surface area (Å²) in [7, 11) is 0. The lowest BCUT2D eigenvalue weighted by Gasteiger charge is -2.18.